The summed E-state index contributed by atoms with van der Waals surface area (Å²) in [6.07, 6.45) is 4.91. The zero-order chi connectivity index (χ0) is 29.5. The van der Waals surface area contributed by atoms with Crippen LogP contribution in [0.1, 0.15) is 5.01 Å². The summed E-state index contributed by atoms with van der Waals surface area (Å²) >= 11 is 1.75. The molecule has 14 heteroatoms. The number of benzene rings is 1. The number of rotatable bonds is 8. The number of para-hydroxylation sites is 1. The van der Waals surface area contributed by atoms with Gasteiger partial charge in [-0.3, -0.25) is 4.90 Å². The Labute approximate surface area is 233 Å². The molecule has 6 N–H and O–H groups in total. The molecule has 0 radical (unpaired) electrons. The van der Waals surface area contributed by atoms with Gasteiger partial charge in [0, 0.05) is 63.1 Å². The van der Waals surface area contributed by atoms with Crippen molar-refractivity contribution in [2.45, 2.75) is 12.6 Å². The Morgan fingerprint density at radius 3 is 1.82 bits per heavy atom. The van der Waals surface area contributed by atoms with Crippen LogP contribution in [0.3, 0.4) is 0 Å². The van der Waals surface area contributed by atoms with E-state index < -0.39 is 23.9 Å². The van der Waals surface area contributed by atoms with Gasteiger partial charge >= 0.3 is 23.9 Å². The highest BCUT2D eigenvalue weighted by atomic mass is 32.1. The monoisotopic (exact) mass is 571 g/mol. The first-order valence-electron chi connectivity index (χ1n) is 11.8. The minimum absolute atomic E-state index is 0.0245. The predicted octanol–water partition coefficient (Wildman–Crippen LogP) is 1.76. The molecule has 0 bridgehead atoms. The second kappa shape index (κ2) is 16.3. The number of hydrogen-bond acceptors (Lipinski definition) is 10. The normalized spacial score (nSPS) is 14.2. The molecule has 1 aromatic carbocycles. The Morgan fingerprint density at radius 1 is 0.825 bits per heavy atom. The van der Waals surface area contributed by atoms with E-state index in [1.807, 2.05) is 24.4 Å². The van der Waals surface area contributed by atoms with E-state index in [0.717, 1.165) is 48.9 Å². The van der Waals surface area contributed by atoms with Crippen molar-refractivity contribution in [3.63, 3.8) is 0 Å². The zero-order valence-electron chi connectivity index (χ0n) is 21.2. The number of carbonyl (C=O) groups is 4. The van der Waals surface area contributed by atoms with Crippen molar-refractivity contribution >= 4 is 51.2 Å². The standard InChI is InChI=1S/C18H21N5S.2C4H4O4/c19-16(13-18-21-14-5-1-2-6-15(14)24-18)22-9-11-23(12-10-22)17-7-3-4-8-20-17;2*5-3(6)1-2-4(7)8/h1-8,16H,9-13,19H2;2*1-2H,(H,5,6)(H,7,8). The summed E-state index contributed by atoms with van der Waals surface area (Å²) in [5.41, 5.74) is 7.52. The summed E-state index contributed by atoms with van der Waals surface area (Å²) in [6.45, 7) is 3.85. The molecule has 1 unspecified atom stereocenters. The molecule has 1 aliphatic rings. The maximum absolute atomic E-state index is 9.55. The number of carboxylic acid groups (broad SMARTS) is 4. The second-order valence-corrected chi connectivity index (χ2v) is 9.19. The number of hydrogen-bond donors (Lipinski definition) is 5. The van der Waals surface area contributed by atoms with E-state index in [9.17, 15) is 19.2 Å². The summed E-state index contributed by atoms with van der Waals surface area (Å²) in [6, 6.07) is 14.3. The van der Waals surface area contributed by atoms with Gasteiger partial charge in [-0.1, -0.05) is 18.2 Å². The van der Waals surface area contributed by atoms with E-state index in [0.29, 0.717) is 24.3 Å². The van der Waals surface area contributed by atoms with Crippen LogP contribution < -0.4 is 10.6 Å². The Kier molecular flexibility index (Phi) is 12.9. The van der Waals surface area contributed by atoms with Gasteiger partial charge in [-0.05, 0) is 24.3 Å². The van der Waals surface area contributed by atoms with Gasteiger partial charge in [0.05, 0.1) is 21.4 Å². The van der Waals surface area contributed by atoms with Gasteiger partial charge in [-0.25, -0.2) is 29.1 Å². The Hall–Kier alpha value is -4.66. The van der Waals surface area contributed by atoms with Crippen molar-refractivity contribution in [3.8, 4) is 0 Å². The lowest BCUT2D eigenvalue weighted by atomic mass is 10.2. The number of nitrogens with zero attached hydrogens (tertiary/aromatic N) is 4. The topological polar surface area (TPSA) is 207 Å². The van der Waals surface area contributed by atoms with Gasteiger partial charge in [0.25, 0.3) is 0 Å². The molecule has 3 heterocycles. The molecule has 13 nitrogen and oxygen atoms in total. The number of pyridine rings is 1. The quantitative estimate of drug-likeness (QED) is 0.245. The molecule has 0 spiro atoms. The van der Waals surface area contributed by atoms with Crippen molar-refractivity contribution in [3.05, 3.63) is 78.0 Å². The molecule has 212 valence electrons. The molecular formula is C26H29N5O8S. The fourth-order valence-corrected chi connectivity index (χ4v) is 4.44. The van der Waals surface area contributed by atoms with E-state index in [4.69, 9.17) is 31.1 Å². The molecule has 0 saturated carbocycles. The van der Waals surface area contributed by atoms with Crippen LogP contribution in [0.2, 0.25) is 0 Å². The third-order valence-corrected chi connectivity index (χ3v) is 6.27. The van der Waals surface area contributed by atoms with Gasteiger partial charge in [-0.15, -0.1) is 11.3 Å². The molecule has 3 aromatic rings. The Morgan fingerprint density at radius 2 is 1.35 bits per heavy atom. The number of fused-ring (bicyclic) bond motifs is 1. The third-order valence-electron chi connectivity index (χ3n) is 5.22. The molecule has 2 aromatic heterocycles. The predicted molar refractivity (Wildman–Crippen MR) is 148 cm³/mol. The average molecular weight is 572 g/mol. The first-order valence-corrected chi connectivity index (χ1v) is 12.6. The molecule has 1 fully saturated rings. The smallest absolute Gasteiger partial charge is 0.328 e. The van der Waals surface area contributed by atoms with Crippen LogP contribution in [-0.4, -0.2) is 91.5 Å². The molecule has 40 heavy (non-hydrogen) atoms. The maximum atomic E-state index is 9.55. The van der Waals surface area contributed by atoms with Crippen LogP contribution in [-0.2, 0) is 25.6 Å². The van der Waals surface area contributed by atoms with E-state index in [2.05, 4.69) is 39.0 Å². The van der Waals surface area contributed by atoms with E-state index in [-0.39, 0.29) is 6.17 Å². The van der Waals surface area contributed by atoms with Crippen LogP contribution in [0.5, 0.6) is 0 Å². The molecular weight excluding hydrogens is 542 g/mol. The van der Waals surface area contributed by atoms with Gasteiger partial charge in [-0.2, -0.15) is 0 Å². The van der Waals surface area contributed by atoms with Gasteiger partial charge in [0.1, 0.15) is 5.82 Å². The maximum Gasteiger partial charge on any atom is 0.328 e. The fraction of sp³-hybridized carbons (Fsp3) is 0.231. The first-order chi connectivity index (χ1) is 19.0. The van der Waals surface area contributed by atoms with E-state index in [1.165, 1.54) is 4.70 Å². The molecule has 1 aliphatic heterocycles. The van der Waals surface area contributed by atoms with Gasteiger partial charge in [0.2, 0.25) is 0 Å². The highest BCUT2D eigenvalue weighted by Crippen LogP contribution is 2.23. The number of aliphatic carboxylic acids is 4. The van der Waals surface area contributed by atoms with Crippen molar-refractivity contribution in [1.82, 2.24) is 14.9 Å². The van der Waals surface area contributed by atoms with Crippen LogP contribution in [0.15, 0.2) is 73.0 Å². The Balaban J connectivity index is 0.000000290. The van der Waals surface area contributed by atoms with Crippen LogP contribution in [0, 0.1) is 0 Å². The molecule has 0 amide bonds. The molecule has 1 atom stereocenters. The Bertz CT molecular complexity index is 1240. The zero-order valence-corrected chi connectivity index (χ0v) is 22.1. The van der Waals surface area contributed by atoms with Crippen molar-refractivity contribution in [2.24, 2.45) is 5.73 Å². The minimum atomic E-state index is -1.26. The summed E-state index contributed by atoms with van der Waals surface area (Å²) in [7, 11) is 0. The van der Waals surface area contributed by atoms with E-state index >= 15 is 0 Å². The van der Waals surface area contributed by atoms with Gasteiger partial charge in [0.15, 0.2) is 0 Å². The SMILES string of the molecule is NC(Cc1nc2ccccc2s1)N1CCN(c2ccccn2)CC1.O=C(O)C=CC(=O)O.O=C(O)C=CC(=O)O. The largest absolute Gasteiger partial charge is 0.478 e. The number of aromatic nitrogens is 2. The van der Waals surface area contributed by atoms with Crippen LogP contribution in [0.4, 0.5) is 5.82 Å². The van der Waals surface area contributed by atoms with E-state index in [1.54, 1.807) is 11.3 Å². The first kappa shape index (κ1) is 31.6. The highest BCUT2D eigenvalue weighted by Gasteiger charge is 2.23. The summed E-state index contributed by atoms with van der Waals surface area (Å²) in [5, 5.41) is 32.4. The number of piperazine rings is 1. The second-order valence-electron chi connectivity index (χ2n) is 8.08. The number of carboxylic acids is 4. The van der Waals surface area contributed by atoms with Crippen LogP contribution in [0.25, 0.3) is 10.2 Å². The minimum Gasteiger partial charge on any atom is -0.478 e. The summed E-state index contributed by atoms with van der Waals surface area (Å²) < 4.78 is 1.24. The van der Waals surface area contributed by atoms with Crippen LogP contribution >= 0.6 is 11.3 Å². The highest BCUT2D eigenvalue weighted by molar-refractivity contribution is 7.18. The van der Waals surface area contributed by atoms with Crippen molar-refractivity contribution in [2.75, 3.05) is 31.1 Å². The van der Waals surface area contributed by atoms with Crippen molar-refractivity contribution < 1.29 is 39.6 Å². The number of nitrogens with two attached hydrogens (primary N) is 1. The fourth-order valence-electron chi connectivity index (χ4n) is 3.42. The summed E-state index contributed by atoms with van der Waals surface area (Å²) in [4.78, 5) is 52.0. The average Bonchev–Trinajstić information content (AvgIpc) is 3.34. The van der Waals surface area contributed by atoms with Crippen molar-refractivity contribution in [1.29, 1.82) is 0 Å². The molecule has 0 aliphatic carbocycles. The number of anilines is 1. The third kappa shape index (κ3) is 11.8. The lowest BCUT2D eigenvalue weighted by Gasteiger charge is -2.38. The summed E-state index contributed by atoms with van der Waals surface area (Å²) in [5.74, 6) is -3.98. The molecule has 1 saturated heterocycles. The van der Waals surface area contributed by atoms with Gasteiger partial charge < -0.3 is 31.1 Å². The lowest BCUT2D eigenvalue weighted by molar-refractivity contribution is -0.134. The number of thiazole rings is 1. The lowest BCUT2D eigenvalue weighted by Crippen LogP contribution is -2.54. The molecule has 4 rings (SSSR count).